The number of carbonyl (C=O) groups is 1. The molecule has 2 aromatic rings. The molecule has 0 radical (unpaired) electrons. The molecule has 1 unspecified atom stereocenters. The topological polar surface area (TPSA) is 75.3 Å². The van der Waals surface area contributed by atoms with Crippen molar-refractivity contribution in [3.8, 4) is 0 Å². The zero-order valence-corrected chi connectivity index (χ0v) is 17.7. The molecule has 1 aliphatic rings. The first-order valence-corrected chi connectivity index (χ1v) is 11.3. The van der Waals surface area contributed by atoms with Gasteiger partial charge in [0, 0.05) is 18.0 Å². The third-order valence-corrected chi connectivity index (χ3v) is 7.11. The van der Waals surface area contributed by atoms with Gasteiger partial charge in [-0.25, -0.2) is 13.1 Å². The van der Waals surface area contributed by atoms with E-state index in [1.54, 1.807) is 13.8 Å². The summed E-state index contributed by atoms with van der Waals surface area (Å²) in [6.45, 7) is 3.58. The number of rotatable bonds is 6. The fourth-order valence-electron chi connectivity index (χ4n) is 3.61. The summed E-state index contributed by atoms with van der Waals surface area (Å²) in [5, 5.41) is 3.60. The molecule has 0 saturated carbocycles. The van der Waals surface area contributed by atoms with Crippen LogP contribution < -0.4 is 10.0 Å². The maximum atomic E-state index is 12.5. The van der Waals surface area contributed by atoms with Crippen molar-refractivity contribution in [3.63, 3.8) is 0 Å². The first kappa shape index (κ1) is 20.8. The van der Waals surface area contributed by atoms with Gasteiger partial charge >= 0.3 is 0 Å². The fraction of sp³-hybridized carbons (Fsp3) is 0.381. The van der Waals surface area contributed by atoms with E-state index < -0.39 is 10.0 Å². The quantitative estimate of drug-likeness (QED) is 0.745. The molecule has 0 bridgehead atoms. The summed E-state index contributed by atoms with van der Waals surface area (Å²) in [7, 11) is -3.69. The summed E-state index contributed by atoms with van der Waals surface area (Å²) in [5.41, 5.74) is 3.84. The van der Waals surface area contributed by atoms with E-state index in [1.807, 2.05) is 18.2 Å². The maximum absolute atomic E-state index is 12.5. The van der Waals surface area contributed by atoms with Gasteiger partial charge in [-0.2, -0.15) is 0 Å². The average molecular weight is 421 g/mol. The smallest absolute Gasteiger partial charge is 0.240 e. The zero-order chi connectivity index (χ0) is 20.3. The Morgan fingerprint density at radius 3 is 2.57 bits per heavy atom. The minimum Gasteiger partial charge on any atom is -0.349 e. The third kappa shape index (κ3) is 4.74. The highest BCUT2D eigenvalue weighted by molar-refractivity contribution is 7.89. The number of hydrogen-bond acceptors (Lipinski definition) is 3. The summed E-state index contributed by atoms with van der Waals surface area (Å²) in [6, 6.07) is 11.2. The number of halogens is 1. The summed E-state index contributed by atoms with van der Waals surface area (Å²) < 4.78 is 27.5. The van der Waals surface area contributed by atoms with Crippen molar-refractivity contribution < 1.29 is 13.2 Å². The second-order valence-corrected chi connectivity index (χ2v) is 9.37. The Kier molecular flexibility index (Phi) is 6.43. The van der Waals surface area contributed by atoms with Crippen LogP contribution in [0.5, 0.6) is 0 Å². The van der Waals surface area contributed by atoms with Gasteiger partial charge in [-0.1, -0.05) is 35.9 Å². The average Bonchev–Trinajstić information content (AvgIpc) is 2.66. The Balaban J connectivity index is 1.57. The third-order valence-electron chi connectivity index (χ3n) is 5.07. The minimum atomic E-state index is -3.69. The van der Waals surface area contributed by atoms with Gasteiger partial charge in [-0.05, 0) is 67.5 Å². The fourth-order valence-corrected chi connectivity index (χ4v) is 4.92. The molecule has 3 rings (SSSR count). The Bertz CT molecular complexity index is 966. The molecule has 1 aliphatic carbocycles. The van der Waals surface area contributed by atoms with Gasteiger partial charge in [0.25, 0.3) is 0 Å². The molecule has 1 amide bonds. The Morgan fingerprint density at radius 2 is 1.86 bits per heavy atom. The van der Waals surface area contributed by atoms with Crippen LogP contribution in [0.25, 0.3) is 0 Å². The zero-order valence-electron chi connectivity index (χ0n) is 16.1. The Hall–Kier alpha value is -1.89. The lowest BCUT2D eigenvalue weighted by Crippen LogP contribution is -2.34. The van der Waals surface area contributed by atoms with E-state index in [0.717, 1.165) is 24.8 Å². The van der Waals surface area contributed by atoms with E-state index in [0.29, 0.717) is 16.1 Å². The van der Waals surface area contributed by atoms with Crippen molar-refractivity contribution in [1.82, 2.24) is 10.0 Å². The second-order valence-electron chi connectivity index (χ2n) is 7.23. The molecule has 5 nitrogen and oxygen atoms in total. The molecule has 0 spiro atoms. The number of nitrogens with one attached hydrogen (secondary N) is 2. The van der Waals surface area contributed by atoms with Crippen molar-refractivity contribution in [2.24, 2.45) is 0 Å². The van der Waals surface area contributed by atoms with Crippen LogP contribution in [0.4, 0.5) is 0 Å². The lowest BCUT2D eigenvalue weighted by atomic mass is 9.88. The molecule has 7 heteroatoms. The van der Waals surface area contributed by atoms with E-state index in [2.05, 4.69) is 16.1 Å². The van der Waals surface area contributed by atoms with Crippen molar-refractivity contribution in [2.45, 2.75) is 50.5 Å². The van der Waals surface area contributed by atoms with Crippen molar-refractivity contribution in [3.05, 3.63) is 63.7 Å². The van der Waals surface area contributed by atoms with Crippen LogP contribution in [0.1, 0.15) is 47.6 Å². The number of benzene rings is 2. The van der Waals surface area contributed by atoms with Crippen LogP contribution in [0.2, 0.25) is 5.02 Å². The molecule has 2 aromatic carbocycles. The minimum absolute atomic E-state index is 0.00405. The lowest BCUT2D eigenvalue weighted by molar-refractivity contribution is -0.121. The molecular formula is C21H25ClN2O3S. The van der Waals surface area contributed by atoms with Gasteiger partial charge in [0.2, 0.25) is 15.9 Å². The van der Waals surface area contributed by atoms with Gasteiger partial charge in [0.15, 0.2) is 0 Å². The van der Waals surface area contributed by atoms with E-state index in [9.17, 15) is 13.2 Å². The summed E-state index contributed by atoms with van der Waals surface area (Å²) in [5.74, 6) is -0.159. The van der Waals surface area contributed by atoms with Gasteiger partial charge in [0.1, 0.15) is 0 Å². The predicted octanol–water partition coefficient (Wildman–Crippen LogP) is 3.82. The molecule has 0 heterocycles. The maximum Gasteiger partial charge on any atom is 0.240 e. The predicted molar refractivity (Wildman–Crippen MR) is 111 cm³/mol. The van der Waals surface area contributed by atoms with E-state index in [4.69, 9.17) is 11.6 Å². The van der Waals surface area contributed by atoms with Gasteiger partial charge in [-0.15, -0.1) is 0 Å². The molecular weight excluding hydrogens is 396 g/mol. The van der Waals surface area contributed by atoms with Crippen LogP contribution in [0.15, 0.2) is 41.3 Å². The van der Waals surface area contributed by atoms with Crippen LogP contribution in [0, 0.1) is 13.8 Å². The van der Waals surface area contributed by atoms with Crippen molar-refractivity contribution in [2.75, 3.05) is 6.54 Å². The molecule has 0 saturated heterocycles. The number of hydrogen-bond donors (Lipinski definition) is 2. The highest BCUT2D eigenvalue weighted by Gasteiger charge is 2.22. The Labute approximate surface area is 171 Å². The lowest BCUT2D eigenvalue weighted by Gasteiger charge is -2.26. The molecule has 0 fully saturated rings. The normalized spacial score (nSPS) is 16.5. The van der Waals surface area contributed by atoms with Crippen LogP contribution in [0.3, 0.4) is 0 Å². The molecule has 0 aromatic heterocycles. The highest BCUT2D eigenvalue weighted by Crippen LogP contribution is 2.29. The monoisotopic (exact) mass is 420 g/mol. The summed E-state index contributed by atoms with van der Waals surface area (Å²) in [6.07, 6.45) is 3.05. The Morgan fingerprint density at radius 1 is 1.18 bits per heavy atom. The van der Waals surface area contributed by atoms with Crippen LogP contribution in [-0.4, -0.2) is 20.9 Å². The number of carbonyl (C=O) groups excluding carboxylic acids is 1. The van der Waals surface area contributed by atoms with Gasteiger partial charge in [-0.3, -0.25) is 4.79 Å². The van der Waals surface area contributed by atoms with Crippen molar-refractivity contribution in [1.29, 1.82) is 0 Å². The van der Waals surface area contributed by atoms with Crippen LogP contribution in [-0.2, 0) is 21.2 Å². The summed E-state index contributed by atoms with van der Waals surface area (Å²) in [4.78, 5) is 12.5. The van der Waals surface area contributed by atoms with Gasteiger partial charge in [0.05, 0.1) is 10.9 Å². The van der Waals surface area contributed by atoms with E-state index in [1.165, 1.54) is 17.7 Å². The largest absolute Gasteiger partial charge is 0.349 e. The second kappa shape index (κ2) is 8.64. The van der Waals surface area contributed by atoms with E-state index >= 15 is 0 Å². The van der Waals surface area contributed by atoms with E-state index in [-0.39, 0.29) is 29.8 Å². The molecule has 0 aliphatic heterocycles. The number of sulfonamides is 1. The highest BCUT2D eigenvalue weighted by atomic mass is 35.5. The molecule has 28 heavy (non-hydrogen) atoms. The number of fused-ring (bicyclic) bond motifs is 1. The van der Waals surface area contributed by atoms with Gasteiger partial charge < -0.3 is 5.32 Å². The van der Waals surface area contributed by atoms with Crippen LogP contribution >= 0.6 is 11.6 Å². The first-order chi connectivity index (χ1) is 13.3. The molecule has 150 valence electrons. The summed E-state index contributed by atoms with van der Waals surface area (Å²) >= 11 is 6.11. The molecule has 2 N–H and O–H groups in total. The first-order valence-electron chi connectivity index (χ1n) is 9.41. The number of aryl methyl sites for hydroxylation is 3. The number of amides is 1. The SMILES string of the molecule is Cc1cc(S(=O)(=O)NCCC(=O)NC2CCCc3ccccc32)cc(C)c1Cl. The molecule has 1 atom stereocenters. The van der Waals surface area contributed by atoms with Crippen molar-refractivity contribution >= 4 is 27.5 Å². The standard InChI is InChI=1S/C21H25ClN2O3S/c1-14-12-17(13-15(2)21(14)22)28(26,27)23-11-10-20(25)24-19-9-5-7-16-6-3-4-8-18(16)19/h3-4,6,8,12-13,19,23H,5,7,9-11H2,1-2H3,(H,24,25).